The van der Waals surface area contributed by atoms with Gasteiger partial charge in [0.25, 0.3) is 0 Å². The van der Waals surface area contributed by atoms with Crippen LogP contribution in [0.15, 0.2) is 35.5 Å². The highest BCUT2D eigenvalue weighted by molar-refractivity contribution is 8.00. The van der Waals surface area contributed by atoms with Crippen molar-refractivity contribution in [3.8, 4) is 0 Å². The number of carbonyl (C=O) groups excluding carboxylic acids is 1. The zero-order valence-corrected chi connectivity index (χ0v) is 17.3. The van der Waals surface area contributed by atoms with Crippen LogP contribution in [0.3, 0.4) is 0 Å². The van der Waals surface area contributed by atoms with E-state index in [9.17, 15) is 4.79 Å². The van der Waals surface area contributed by atoms with Gasteiger partial charge in [-0.15, -0.1) is 10.2 Å². The van der Waals surface area contributed by atoms with Crippen LogP contribution in [-0.2, 0) is 17.9 Å². The maximum atomic E-state index is 12.4. The largest absolute Gasteiger partial charge is 0.352 e. The number of thioether (sulfide) groups is 1. The highest BCUT2D eigenvalue weighted by atomic mass is 32.2. The van der Waals surface area contributed by atoms with Gasteiger partial charge >= 0.3 is 0 Å². The second kappa shape index (κ2) is 9.09. The van der Waals surface area contributed by atoms with Crippen LogP contribution >= 0.6 is 11.8 Å². The molecule has 7 heteroatoms. The summed E-state index contributed by atoms with van der Waals surface area (Å²) in [7, 11) is 0. The number of carbonyl (C=O) groups is 1. The van der Waals surface area contributed by atoms with E-state index in [1.54, 1.807) is 0 Å². The first kappa shape index (κ1) is 19.5. The van der Waals surface area contributed by atoms with Crippen molar-refractivity contribution in [3.63, 3.8) is 0 Å². The molecule has 150 valence electrons. The lowest BCUT2D eigenvalue weighted by Crippen LogP contribution is -2.32. The van der Waals surface area contributed by atoms with Gasteiger partial charge in [-0.05, 0) is 51.3 Å². The van der Waals surface area contributed by atoms with Crippen LogP contribution in [-0.4, -0.2) is 50.0 Å². The minimum absolute atomic E-state index is 0.0966. The van der Waals surface area contributed by atoms with E-state index in [0.717, 1.165) is 50.0 Å². The zero-order valence-electron chi connectivity index (χ0n) is 16.5. The normalized spacial score (nSPS) is 18.8. The Morgan fingerprint density at radius 3 is 2.61 bits per heavy atom. The van der Waals surface area contributed by atoms with Gasteiger partial charge in [0.2, 0.25) is 5.91 Å². The van der Waals surface area contributed by atoms with Gasteiger partial charge in [-0.3, -0.25) is 9.69 Å². The number of amides is 1. The number of aromatic nitrogens is 3. The standard InChI is InChI=1S/C21H29N5OS/c1-16(20(27)22-18-10-11-18)28-21-24-23-19(15-25-12-6-3-7-13-25)26(21)14-17-8-4-2-5-9-17/h2,4-5,8-9,16,18H,3,6-7,10-15H2,1H3,(H,22,27). The van der Waals surface area contributed by atoms with Gasteiger partial charge in [-0.2, -0.15) is 0 Å². The molecule has 1 N–H and O–H groups in total. The van der Waals surface area contributed by atoms with Crippen LogP contribution in [0.4, 0.5) is 0 Å². The zero-order chi connectivity index (χ0) is 19.3. The third kappa shape index (κ3) is 5.14. The monoisotopic (exact) mass is 399 g/mol. The predicted octanol–water partition coefficient (Wildman–Crippen LogP) is 3.07. The van der Waals surface area contributed by atoms with Crippen molar-refractivity contribution >= 4 is 17.7 Å². The first-order valence-electron chi connectivity index (χ1n) is 10.3. The molecular weight excluding hydrogens is 370 g/mol. The Balaban J connectivity index is 1.51. The molecule has 1 aromatic heterocycles. The molecule has 1 saturated heterocycles. The molecular formula is C21H29N5OS. The van der Waals surface area contributed by atoms with E-state index < -0.39 is 0 Å². The fraction of sp³-hybridized carbons (Fsp3) is 0.571. The number of benzene rings is 1. The summed E-state index contributed by atoms with van der Waals surface area (Å²) in [6, 6.07) is 10.8. The summed E-state index contributed by atoms with van der Waals surface area (Å²) in [5.74, 6) is 1.09. The second-order valence-electron chi connectivity index (χ2n) is 7.85. The third-order valence-electron chi connectivity index (χ3n) is 5.37. The van der Waals surface area contributed by atoms with E-state index in [0.29, 0.717) is 6.04 Å². The molecule has 1 atom stereocenters. The number of hydrogen-bond acceptors (Lipinski definition) is 5. The van der Waals surface area contributed by atoms with Crippen LogP contribution in [0.25, 0.3) is 0 Å². The summed E-state index contributed by atoms with van der Waals surface area (Å²) < 4.78 is 2.19. The van der Waals surface area contributed by atoms with E-state index in [1.807, 2.05) is 13.0 Å². The molecule has 1 aliphatic heterocycles. The second-order valence-corrected chi connectivity index (χ2v) is 9.16. The van der Waals surface area contributed by atoms with E-state index in [-0.39, 0.29) is 11.2 Å². The van der Waals surface area contributed by atoms with Crippen molar-refractivity contribution in [3.05, 3.63) is 41.7 Å². The average molecular weight is 400 g/mol. The molecule has 2 heterocycles. The summed E-state index contributed by atoms with van der Waals surface area (Å²) >= 11 is 1.51. The molecule has 1 saturated carbocycles. The maximum Gasteiger partial charge on any atom is 0.233 e. The summed E-state index contributed by atoms with van der Waals surface area (Å²) in [5, 5.41) is 12.7. The number of nitrogens with zero attached hydrogens (tertiary/aromatic N) is 4. The van der Waals surface area contributed by atoms with Gasteiger partial charge in [0.05, 0.1) is 18.3 Å². The molecule has 1 aliphatic carbocycles. The van der Waals surface area contributed by atoms with Crippen LogP contribution in [0.2, 0.25) is 0 Å². The fourth-order valence-electron chi connectivity index (χ4n) is 3.52. The maximum absolute atomic E-state index is 12.4. The van der Waals surface area contributed by atoms with Gasteiger partial charge in [0.15, 0.2) is 5.16 Å². The molecule has 1 unspecified atom stereocenters. The van der Waals surface area contributed by atoms with Gasteiger partial charge in [-0.25, -0.2) is 0 Å². The summed E-state index contributed by atoms with van der Waals surface area (Å²) in [4.78, 5) is 14.9. The molecule has 0 spiro atoms. The first-order chi connectivity index (χ1) is 13.7. The number of rotatable bonds is 8. The summed E-state index contributed by atoms with van der Waals surface area (Å²) in [6.07, 6.45) is 6.04. The lowest BCUT2D eigenvalue weighted by molar-refractivity contribution is -0.120. The molecule has 2 aliphatic rings. The van der Waals surface area contributed by atoms with Gasteiger partial charge in [0, 0.05) is 6.04 Å². The van der Waals surface area contributed by atoms with Crippen molar-refractivity contribution in [2.75, 3.05) is 13.1 Å². The highest BCUT2D eigenvalue weighted by Gasteiger charge is 2.27. The Morgan fingerprint density at radius 1 is 1.14 bits per heavy atom. The smallest absolute Gasteiger partial charge is 0.233 e. The Morgan fingerprint density at radius 2 is 1.89 bits per heavy atom. The minimum atomic E-state index is -0.179. The lowest BCUT2D eigenvalue weighted by Gasteiger charge is -2.26. The predicted molar refractivity (Wildman–Crippen MR) is 111 cm³/mol. The summed E-state index contributed by atoms with van der Waals surface area (Å²) in [5.41, 5.74) is 1.22. The van der Waals surface area contributed by atoms with Crippen molar-refractivity contribution in [1.82, 2.24) is 25.0 Å². The van der Waals surface area contributed by atoms with E-state index in [2.05, 4.69) is 49.2 Å². The van der Waals surface area contributed by atoms with Gasteiger partial charge in [-0.1, -0.05) is 48.5 Å². The quantitative estimate of drug-likeness (QED) is 0.691. The average Bonchev–Trinajstić information content (AvgIpc) is 3.47. The number of nitrogens with one attached hydrogen (secondary N) is 1. The van der Waals surface area contributed by atoms with Crippen LogP contribution in [0, 0.1) is 0 Å². The summed E-state index contributed by atoms with van der Waals surface area (Å²) in [6.45, 7) is 5.76. The van der Waals surface area contributed by atoms with Crippen LogP contribution in [0.5, 0.6) is 0 Å². The number of likely N-dealkylation sites (tertiary alicyclic amines) is 1. The van der Waals surface area contributed by atoms with Gasteiger partial charge < -0.3 is 9.88 Å². The molecule has 2 aromatic rings. The number of hydrogen-bond donors (Lipinski definition) is 1. The molecule has 6 nitrogen and oxygen atoms in total. The molecule has 1 amide bonds. The topological polar surface area (TPSA) is 63.1 Å². The molecule has 2 fully saturated rings. The van der Waals surface area contributed by atoms with Crippen molar-refractivity contribution < 1.29 is 4.79 Å². The SMILES string of the molecule is CC(Sc1nnc(CN2CCCCC2)n1Cc1ccccc1)C(=O)NC1CC1. The van der Waals surface area contributed by atoms with Crippen molar-refractivity contribution in [1.29, 1.82) is 0 Å². The Labute approximate surface area is 171 Å². The van der Waals surface area contributed by atoms with Gasteiger partial charge in [0.1, 0.15) is 5.82 Å². The molecule has 1 aromatic carbocycles. The van der Waals surface area contributed by atoms with E-state index in [4.69, 9.17) is 0 Å². The fourth-order valence-corrected chi connectivity index (χ4v) is 4.40. The Bertz CT molecular complexity index is 783. The lowest BCUT2D eigenvalue weighted by atomic mass is 10.1. The van der Waals surface area contributed by atoms with Crippen molar-refractivity contribution in [2.45, 2.75) is 68.6 Å². The highest BCUT2D eigenvalue weighted by Crippen LogP contribution is 2.26. The van der Waals surface area contributed by atoms with E-state index >= 15 is 0 Å². The van der Waals surface area contributed by atoms with Crippen LogP contribution < -0.4 is 5.32 Å². The minimum Gasteiger partial charge on any atom is -0.352 e. The number of piperidine rings is 1. The van der Waals surface area contributed by atoms with E-state index in [1.165, 1.54) is 36.6 Å². The molecule has 0 bridgehead atoms. The Hall–Kier alpha value is -1.86. The first-order valence-corrected chi connectivity index (χ1v) is 11.2. The molecule has 4 rings (SSSR count). The Kier molecular flexibility index (Phi) is 6.32. The molecule has 0 radical (unpaired) electrons. The van der Waals surface area contributed by atoms with Crippen molar-refractivity contribution in [2.24, 2.45) is 0 Å². The molecule has 28 heavy (non-hydrogen) atoms. The van der Waals surface area contributed by atoms with Crippen LogP contribution in [0.1, 0.15) is 50.4 Å². The third-order valence-corrected chi connectivity index (χ3v) is 6.45.